The lowest BCUT2D eigenvalue weighted by atomic mass is 10.0. The molecule has 0 spiro atoms. The number of aliphatic hydroxyl groups is 1. The number of aromatic nitrogens is 1. The first kappa shape index (κ1) is 18.2. The third kappa shape index (κ3) is 8.87. The van der Waals surface area contributed by atoms with Gasteiger partial charge in [0.05, 0.1) is 6.10 Å². The van der Waals surface area contributed by atoms with Gasteiger partial charge in [0.25, 0.3) is 0 Å². The van der Waals surface area contributed by atoms with E-state index in [0.717, 1.165) is 18.5 Å². The Kier molecular flexibility index (Phi) is 10.1. The lowest BCUT2D eigenvalue weighted by Crippen LogP contribution is -2.12. The molecule has 1 rings (SSSR count). The topological polar surface area (TPSA) is 33.1 Å². The van der Waals surface area contributed by atoms with Gasteiger partial charge >= 0.3 is 0 Å². The van der Waals surface area contributed by atoms with E-state index in [2.05, 4.69) is 24.9 Å². The highest BCUT2D eigenvalue weighted by molar-refractivity contribution is 5.18. The van der Waals surface area contributed by atoms with E-state index in [9.17, 15) is 5.11 Å². The molecule has 1 N–H and O–H groups in total. The van der Waals surface area contributed by atoms with Crippen molar-refractivity contribution in [3.8, 4) is 0 Å². The lowest BCUT2D eigenvalue weighted by Gasteiger charge is -2.11. The van der Waals surface area contributed by atoms with Crippen molar-refractivity contribution < 1.29 is 5.11 Å². The first-order valence-electron chi connectivity index (χ1n) is 8.82. The predicted octanol–water partition coefficient (Wildman–Crippen LogP) is 5.21. The maximum atomic E-state index is 10.1. The summed E-state index contributed by atoms with van der Waals surface area (Å²) >= 11 is 0. The van der Waals surface area contributed by atoms with E-state index in [4.69, 9.17) is 0 Å². The molecule has 1 aromatic rings. The van der Waals surface area contributed by atoms with Gasteiger partial charge in [-0.3, -0.25) is 4.98 Å². The van der Waals surface area contributed by atoms with Gasteiger partial charge in [0.2, 0.25) is 0 Å². The van der Waals surface area contributed by atoms with Crippen LogP contribution in [0.4, 0.5) is 0 Å². The second kappa shape index (κ2) is 11.7. The fourth-order valence-electron chi connectivity index (χ4n) is 2.75. The zero-order valence-corrected chi connectivity index (χ0v) is 14.0. The van der Waals surface area contributed by atoms with Gasteiger partial charge in [0, 0.05) is 18.3 Å². The van der Waals surface area contributed by atoms with Crippen LogP contribution in [0.3, 0.4) is 0 Å². The number of aliphatic hydroxyl groups excluding tert-OH is 1. The number of hydrogen-bond acceptors (Lipinski definition) is 2. The number of nitrogens with zero attached hydrogens (tertiary/aromatic N) is 1. The molecular weight excluding hydrogens is 258 g/mol. The second-order valence-corrected chi connectivity index (χ2v) is 6.24. The summed E-state index contributed by atoms with van der Waals surface area (Å²) in [6, 6.07) is 4.01. The summed E-state index contributed by atoms with van der Waals surface area (Å²) in [5, 5.41) is 10.1. The van der Waals surface area contributed by atoms with Gasteiger partial charge in [-0.2, -0.15) is 0 Å². The third-order valence-electron chi connectivity index (χ3n) is 4.19. The molecule has 0 fully saturated rings. The number of unbranched alkanes of at least 4 members (excludes halogenated alkanes) is 8. The monoisotopic (exact) mass is 291 g/mol. The van der Waals surface area contributed by atoms with Gasteiger partial charge in [-0.25, -0.2) is 0 Å². The Morgan fingerprint density at radius 2 is 1.62 bits per heavy atom. The molecule has 0 bridgehead atoms. The predicted molar refractivity (Wildman–Crippen MR) is 90.5 cm³/mol. The van der Waals surface area contributed by atoms with Crippen molar-refractivity contribution >= 4 is 0 Å². The van der Waals surface area contributed by atoms with Crippen molar-refractivity contribution in [2.45, 2.75) is 90.6 Å². The molecular formula is C19H33NO. The molecule has 0 aliphatic carbocycles. The van der Waals surface area contributed by atoms with Gasteiger partial charge in [-0.15, -0.1) is 0 Å². The van der Waals surface area contributed by atoms with Crippen LogP contribution in [0.25, 0.3) is 0 Å². The van der Waals surface area contributed by atoms with Crippen LogP contribution in [0, 0.1) is 6.92 Å². The zero-order valence-electron chi connectivity index (χ0n) is 14.0. The second-order valence-electron chi connectivity index (χ2n) is 6.24. The summed E-state index contributed by atoms with van der Waals surface area (Å²) < 4.78 is 0. The molecule has 0 aliphatic rings. The Bertz CT molecular complexity index is 364. The lowest BCUT2D eigenvalue weighted by molar-refractivity contribution is 0.159. The summed E-state index contributed by atoms with van der Waals surface area (Å²) in [7, 11) is 0. The maximum Gasteiger partial charge on any atom is 0.0595 e. The SMILES string of the molecule is CCCCCCCCCCCC(O)Cc1ncccc1C. The fraction of sp³-hybridized carbons (Fsp3) is 0.737. The van der Waals surface area contributed by atoms with E-state index in [1.807, 2.05) is 12.3 Å². The molecule has 2 nitrogen and oxygen atoms in total. The molecule has 0 radical (unpaired) electrons. The molecule has 2 heteroatoms. The van der Waals surface area contributed by atoms with Gasteiger partial charge in [-0.05, 0) is 25.0 Å². The smallest absolute Gasteiger partial charge is 0.0595 e. The van der Waals surface area contributed by atoms with Gasteiger partial charge in [0.15, 0.2) is 0 Å². The molecule has 1 aromatic heterocycles. The first-order valence-corrected chi connectivity index (χ1v) is 8.82. The normalized spacial score (nSPS) is 12.5. The van der Waals surface area contributed by atoms with E-state index in [1.165, 1.54) is 56.9 Å². The van der Waals surface area contributed by atoms with E-state index in [0.29, 0.717) is 6.42 Å². The minimum atomic E-state index is -0.233. The Labute approximate surface area is 131 Å². The molecule has 1 atom stereocenters. The molecule has 120 valence electrons. The molecule has 0 saturated carbocycles. The zero-order chi connectivity index (χ0) is 15.3. The molecule has 1 heterocycles. The van der Waals surface area contributed by atoms with Gasteiger partial charge in [0.1, 0.15) is 0 Å². The van der Waals surface area contributed by atoms with Crippen LogP contribution in [-0.4, -0.2) is 16.2 Å². The summed E-state index contributed by atoms with van der Waals surface area (Å²) in [4.78, 5) is 4.35. The van der Waals surface area contributed by atoms with Crippen molar-refractivity contribution in [3.63, 3.8) is 0 Å². The molecule has 0 amide bonds. The summed E-state index contributed by atoms with van der Waals surface area (Å²) in [6.07, 6.45) is 15.2. The van der Waals surface area contributed by atoms with Crippen LogP contribution in [0.15, 0.2) is 18.3 Å². The van der Waals surface area contributed by atoms with Crippen molar-refractivity contribution in [1.82, 2.24) is 4.98 Å². The summed E-state index contributed by atoms with van der Waals surface area (Å²) in [5.41, 5.74) is 2.23. The Balaban J connectivity index is 1.99. The van der Waals surface area contributed by atoms with E-state index in [-0.39, 0.29) is 6.10 Å². The average molecular weight is 291 g/mol. The Morgan fingerprint density at radius 1 is 1.00 bits per heavy atom. The maximum absolute atomic E-state index is 10.1. The van der Waals surface area contributed by atoms with Crippen LogP contribution < -0.4 is 0 Å². The Morgan fingerprint density at radius 3 is 2.24 bits per heavy atom. The highest BCUT2D eigenvalue weighted by Gasteiger charge is 2.08. The van der Waals surface area contributed by atoms with Crippen molar-refractivity contribution in [2.75, 3.05) is 0 Å². The average Bonchev–Trinajstić information content (AvgIpc) is 2.48. The van der Waals surface area contributed by atoms with Crippen LogP contribution in [0.1, 0.15) is 82.4 Å². The van der Waals surface area contributed by atoms with Gasteiger partial charge in [-0.1, -0.05) is 70.8 Å². The number of aryl methyl sites for hydroxylation is 1. The molecule has 0 saturated heterocycles. The number of rotatable bonds is 12. The minimum absolute atomic E-state index is 0.233. The van der Waals surface area contributed by atoms with Crippen LogP contribution in [-0.2, 0) is 6.42 Å². The Hall–Kier alpha value is -0.890. The van der Waals surface area contributed by atoms with E-state index < -0.39 is 0 Å². The number of pyridine rings is 1. The quantitative estimate of drug-likeness (QED) is 0.536. The van der Waals surface area contributed by atoms with Crippen molar-refractivity contribution in [2.24, 2.45) is 0 Å². The van der Waals surface area contributed by atoms with Gasteiger partial charge < -0.3 is 5.11 Å². The molecule has 0 aromatic carbocycles. The number of hydrogen-bond donors (Lipinski definition) is 1. The van der Waals surface area contributed by atoms with Crippen LogP contribution in [0.2, 0.25) is 0 Å². The fourth-order valence-corrected chi connectivity index (χ4v) is 2.75. The summed E-state index contributed by atoms with van der Waals surface area (Å²) in [5.74, 6) is 0. The summed E-state index contributed by atoms with van der Waals surface area (Å²) in [6.45, 7) is 4.32. The third-order valence-corrected chi connectivity index (χ3v) is 4.19. The molecule has 1 unspecified atom stereocenters. The first-order chi connectivity index (χ1) is 10.2. The van der Waals surface area contributed by atoms with Crippen LogP contribution in [0.5, 0.6) is 0 Å². The van der Waals surface area contributed by atoms with E-state index in [1.54, 1.807) is 0 Å². The standard InChI is InChI=1S/C19H33NO/c1-3-4-5-6-7-8-9-10-11-14-18(21)16-19-17(2)13-12-15-20-19/h12-13,15,18,21H,3-11,14,16H2,1-2H3. The van der Waals surface area contributed by atoms with Crippen molar-refractivity contribution in [3.05, 3.63) is 29.6 Å². The highest BCUT2D eigenvalue weighted by Crippen LogP contribution is 2.14. The molecule has 21 heavy (non-hydrogen) atoms. The van der Waals surface area contributed by atoms with Crippen LogP contribution >= 0.6 is 0 Å². The van der Waals surface area contributed by atoms with Crippen molar-refractivity contribution in [1.29, 1.82) is 0 Å². The molecule has 0 aliphatic heterocycles. The van der Waals surface area contributed by atoms with E-state index >= 15 is 0 Å². The minimum Gasteiger partial charge on any atom is -0.393 e. The highest BCUT2D eigenvalue weighted by atomic mass is 16.3. The largest absolute Gasteiger partial charge is 0.393 e.